The molecule has 0 saturated carbocycles. The molecule has 0 spiro atoms. The number of ether oxygens (including phenoxy) is 1. The fourth-order valence-electron chi connectivity index (χ4n) is 3.44. The summed E-state index contributed by atoms with van der Waals surface area (Å²) in [6, 6.07) is 5.13. The Morgan fingerprint density at radius 3 is 2.50 bits per heavy atom. The van der Waals surface area contributed by atoms with Gasteiger partial charge >= 0.3 is 0 Å². The molecular formula is C20H18ClN5O4. The number of fused-ring (bicyclic) bond motifs is 1. The molecule has 0 unspecified atom stereocenters. The minimum Gasteiger partial charge on any atom is -0.494 e. The Morgan fingerprint density at radius 2 is 1.83 bits per heavy atom. The van der Waals surface area contributed by atoms with Crippen molar-refractivity contribution < 1.29 is 19.1 Å². The molecule has 154 valence electrons. The van der Waals surface area contributed by atoms with Gasteiger partial charge in [0.15, 0.2) is 5.15 Å². The van der Waals surface area contributed by atoms with Crippen molar-refractivity contribution in [2.45, 2.75) is 0 Å². The summed E-state index contributed by atoms with van der Waals surface area (Å²) in [5.74, 6) is -1.17. The molecule has 9 nitrogen and oxygen atoms in total. The van der Waals surface area contributed by atoms with E-state index < -0.39 is 11.7 Å². The highest BCUT2D eigenvalue weighted by atomic mass is 35.5. The molecule has 1 N–H and O–H groups in total. The summed E-state index contributed by atoms with van der Waals surface area (Å²) >= 11 is 6.08. The number of nitrogens with one attached hydrogen (secondary N) is 1. The zero-order valence-corrected chi connectivity index (χ0v) is 16.8. The summed E-state index contributed by atoms with van der Waals surface area (Å²) in [5.41, 5.74) is 0.950. The van der Waals surface area contributed by atoms with Crippen molar-refractivity contribution in [2.24, 2.45) is 0 Å². The molecule has 30 heavy (non-hydrogen) atoms. The number of amides is 2. The third kappa shape index (κ3) is 3.48. The number of nitrogens with zero attached hydrogens (tertiary/aromatic N) is 4. The molecule has 3 aromatic heterocycles. The predicted molar refractivity (Wildman–Crippen MR) is 109 cm³/mol. The first-order chi connectivity index (χ1) is 14.5. The summed E-state index contributed by atoms with van der Waals surface area (Å²) in [6.45, 7) is 1.15. The van der Waals surface area contributed by atoms with Gasteiger partial charge < -0.3 is 19.5 Å². The minimum absolute atomic E-state index is 0.170. The molecule has 1 aliphatic rings. The monoisotopic (exact) mass is 427 g/mol. The second kappa shape index (κ2) is 8.11. The number of carbonyl (C=O) groups excluding carboxylic acids is 3. The Labute approximate surface area is 176 Å². The number of aromatic amines is 1. The second-order valence-electron chi connectivity index (χ2n) is 6.70. The van der Waals surface area contributed by atoms with E-state index >= 15 is 0 Å². The molecule has 0 bridgehead atoms. The number of ketones is 1. The standard InChI is InChI=1S/C20H18ClN5O4/c1-30-14-11-24-18(21)16-15(14)12(10-23-16)17(27)20(29)26-8-6-25(7-9-26)19(28)13-4-2-3-5-22-13/h2-5,10-11,23H,6-9H2,1H3. The van der Waals surface area contributed by atoms with Gasteiger partial charge in [-0.15, -0.1) is 0 Å². The molecule has 0 atom stereocenters. The van der Waals surface area contributed by atoms with Gasteiger partial charge in [0, 0.05) is 38.6 Å². The van der Waals surface area contributed by atoms with Crippen LogP contribution in [0.15, 0.2) is 36.8 Å². The van der Waals surface area contributed by atoms with E-state index in [1.54, 1.807) is 29.3 Å². The van der Waals surface area contributed by atoms with E-state index in [4.69, 9.17) is 16.3 Å². The van der Waals surface area contributed by atoms with Crippen LogP contribution in [0.1, 0.15) is 20.8 Å². The average Bonchev–Trinajstić information content (AvgIpc) is 3.25. The fourth-order valence-corrected chi connectivity index (χ4v) is 3.64. The zero-order valence-electron chi connectivity index (χ0n) is 16.1. The van der Waals surface area contributed by atoms with E-state index in [9.17, 15) is 14.4 Å². The van der Waals surface area contributed by atoms with Crippen LogP contribution in [0.3, 0.4) is 0 Å². The average molecular weight is 428 g/mol. The number of pyridine rings is 2. The molecule has 0 radical (unpaired) electrons. The number of Topliss-reactive ketones (excluding diaryl/α,β-unsaturated/α-hetero) is 1. The summed E-state index contributed by atoms with van der Waals surface area (Å²) in [5, 5.41) is 0.596. The zero-order chi connectivity index (χ0) is 21.3. The van der Waals surface area contributed by atoms with E-state index in [0.29, 0.717) is 35.4 Å². The van der Waals surface area contributed by atoms with E-state index in [1.807, 2.05) is 0 Å². The summed E-state index contributed by atoms with van der Waals surface area (Å²) < 4.78 is 5.27. The van der Waals surface area contributed by atoms with Crippen molar-refractivity contribution in [1.29, 1.82) is 0 Å². The number of hydrogen-bond donors (Lipinski definition) is 1. The first-order valence-corrected chi connectivity index (χ1v) is 9.62. The van der Waals surface area contributed by atoms with Crippen LogP contribution >= 0.6 is 11.6 Å². The Hall–Kier alpha value is -3.46. The maximum absolute atomic E-state index is 12.9. The number of aromatic nitrogens is 3. The van der Waals surface area contributed by atoms with Gasteiger partial charge in [0.2, 0.25) is 0 Å². The van der Waals surface area contributed by atoms with Gasteiger partial charge in [0.1, 0.15) is 11.4 Å². The van der Waals surface area contributed by atoms with Crippen molar-refractivity contribution in [3.05, 3.63) is 53.2 Å². The Morgan fingerprint density at radius 1 is 1.10 bits per heavy atom. The van der Waals surface area contributed by atoms with Gasteiger partial charge in [0.25, 0.3) is 17.6 Å². The number of piperazine rings is 1. The topological polar surface area (TPSA) is 108 Å². The van der Waals surface area contributed by atoms with Crippen LogP contribution in [0.4, 0.5) is 0 Å². The SMILES string of the molecule is COc1cnc(Cl)c2[nH]cc(C(=O)C(=O)N3CCN(C(=O)c4ccccn4)CC3)c12. The highest BCUT2D eigenvalue weighted by Gasteiger charge is 2.31. The number of hydrogen-bond acceptors (Lipinski definition) is 6. The maximum Gasteiger partial charge on any atom is 0.295 e. The summed E-state index contributed by atoms with van der Waals surface area (Å²) in [6.07, 6.45) is 4.40. The molecule has 1 aliphatic heterocycles. The lowest BCUT2D eigenvalue weighted by molar-refractivity contribution is -0.127. The molecule has 3 aromatic rings. The first kappa shape index (κ1) is 19.8. The molecule has 10 heteroatoms. The van der Waals surface area contributed by atoms with Gasteiger partial charge in [-0.25, -0.2) is 4.98 Å². The van der Waals surface area contributed by atoms with E-state index in [1.165, 1.54) is 24.4 Å². The van der Waals surface area contributed by atoms with E-state index in [0.717, 1.165) is 0 Å². The molecule has 0 aliphatic carbocycles. The largest absolute Gasteiger partial charge is 0.494 e. The highest BCUT2D eigenvalue weighted by molar-refractivity contribution is 6.45. The lowest BCUT2D eigenvalue weighted by Gasteiger charge is -2.34. The van der Waals surface area contributed by atoms with E-state index in [2.05, 4.69) is 15.0 Å². The molecule has 4 heterocycles. The smallest absolute Gasteiger partial charge is 0.295 e. The first-order valence-electron chi connectivity index (χ1n) is 9.24. The van der Waals surface area contributed by atoms with Gasteiger partial charge in [-0.05, 0) is 12.1 Å². The minimum atomic E-state index is -0.675. The number of rotatable bonds is 4. The summed E-state index contributed by atoms with van der Waals surface area (Å²) in [7, 11) is 1.45. The maximum atomic E-state index is 12.9. The summed E-state index contributed by atoms with van der Waals surface area (Å²) in [4.78, 5) is 52.3. The molecule has 4 rings (SSSR count). The third-order valence-electron chi connectivity index (χ3n) is 5.02. The Bertz CT molecular complexity index is 1120. The Kier molecular flexibility index (Phi) is 5.37. The molecule has 1 saturated heterocycles. The van der Waals surface area contributed by atoms with Crippen molar-refractivity contribution in [1.82, 2.24) is 24.8 Å². The molecule has 2 amide bonds. The number of carbonyl (C=O) groups is 3. The quantitative estimate of drug-likeness (QED) is 0.386. The van der Waals surface area contributed by atoms with Gasteiger partial charge in [0.05, 0.1) is 29.8 Å². The van der Waals surface area contributed by atoms with Crippen molar-refractivity contribution in [3.63, 3.8) is 0 Å². The van der Waals surface area contributed by atoms with Crippen molar-refractivity contribution >= 4 is 40.1 Å². The molecular weight excluding hydrogens is 410 g/mol. The van der Waals surface area contributed by atoms with Crippen LogP contribution in [0.5, 0.6) is 5.75 Å². The van der Waals surface area contributed by atoms with Crippen molar-refractivity contribution in [2.75, 3.05) is 33.3 Å². The number of methoxy groups -OCH3 is 1. The lowest BCUT2D eigenvalue weighted by atomic mass is 10.1. The normalized spacial score (nSPS) is 14.1. The van der Waals surface area contributed by atoms with Crippen LogP contribution in [-0.4, -0.2) is 75.6 Å². The van der Waals surface area contributed by atoms with Crippen LogP contribution in [0, 0.1) is 0 Å². The fraction of sp³-hybridized carbons (Fsp3) is 0.250. The number of halogens is 1. The molecule has 1 fully saturated rings. The van der Waals surface area contributed by atoms with Crippen molar-refractivity contribution in [3.8, 4) is 5.75 Å². The van der Waals surface area contributed by atoms with Crippen LogP contribution in [0.25, 0.3) is 10.9 Å². The predicted octanol–water partition coefficient (Wildman–Crippen LogP) is 1.79. The van der Waals surface area contributed by atoms with Gasteiger partial charge in [-0.3, -0.25) is 19.4 Å². The Balaban J connectivity index is 1.49. The highest BCUT2D eigenvalue weighted by Crippen LogP contribution is 2.32. The second-order valence-corrected chi connectivity index (χ2v) is 7.06. The number of H-pyrrole nitrogens is 1. The van der Waals surface area contributed by atoms with Gasteiger partial charge in [-0.1, -0.05) is 17.7 Å². The van der Waals surface area contributed by atoms with Crippen LogP contribution < -0.4 is 4.74 Å². The van der Waals surface area contributed by atoms with E-state index in [-0.39, 0.29) is 29.7 Å². The van der Waals surface area contributed by atoms with Crippen LogP contribution in [-0.2, 0) is 4.79 Å². The third-order valence-corrected chi connectivity index (χ3v) is 5.31. The van der Waals surface area contributed by atoms with Gasteiger partial charge in [-0.2, -0.15) is 0 Å². The lowest BCUT2D eigenvalue weighted by Crippen LogP contribution is -2.52. The van der Waals surface area contributed by atoms with Crippen LogP contribution in [0.2, 0.25) is 5.15 Å². The molecule has 0 aromatic carbocycles.